The zero-order valence-electron chi connectivity index (χ0n) is 24.4. The van der Waals surface area contributed by atoms with Crippen molar-refractivity contribution in [2.75, 3.05) is 0 Å². The molecule has 0 fully saturated rings. The molecule has 3 heterocycles. The highest BCUT2D eigenvalue weighted by Gasteiger charge is 2.14. The molecule has 7 aromatic carbocycles. The van der Waals surface area contributed by atoms with E-state index in [4.69, 9.17) is 0 Å². The predicted molar refractivity (Wildman–Crippen MR) is 201 cm³/mol. The Bertz CT molecular complexity index is 2720. The lowest BCUT2D eigenvalue weighted by Crippen LogP contribution is -1.93. The summed E-state index contributed by atoms with van der Waals surface area (Å²) in [6.45, 7) is 0. The highest BCUT2D eigenvalue weighted by atomic mass is 31.0. The molecule has 2 unspecified atom stereocenters. The van der Waals surface area contributed by atoms with E-state index >= 15 is 0 Å². The fourth-order valence-corrected chi connectivity index (χ4v) is 9.95. The van der Waals surface area contributed by atoms with Crippen molar-refractivity contribution in [2.24, 2.45) is 0 Å². The van der Waals surface area contributed by atoms with Gasteiger partial charge in [0.2, 0.25) is 0 Å². The van der Waals surface area contributed by atoms with Crippen LogP contribution in [0.2, 0.25) is 0 Å². The Morgan fingerprint density at radius 1 is 0.311 bits per heavy atom. The molecule has 0 saturated carbocycles. The maximum atomic E-state index is 2.43. The molecule has 0 spiro atoms. The van der Waals surface area contributed by atoms with Gasteiger partial charge in [0.15, 0.2) is 0 Å². The first-order valence-electron chi connectivity index (χ1n) is 15.4. The molecule has 10 rings (SSSR count). The second-order valence-corrected chi connectivity index (χ2v) is 14.7. The van der Waals surface area contributed by atoms with Crippen LogP contribution in [0.1, 0.15) is 0 Å². The molecule has 0 aliphatic carbocycles. The van der Waals surface area contributed by atoms with Crippen LogP contribution in [-0.2, 0) is 0 Å². The van der Waals surface area contributed by atoms with E-state index < -0.39 is 0 Å². The minimum Gasteiger partial charge on any atom is -0.309 e. The van der Waals surface area contributed by atoms with Gasteiger partial charge in [-0.1, -0.05) is 91.0 Å². The number of hydrogen-bond acceptors (Lipinski definition) is 0. The van der Waals surface area contributed by atoms with Gasteiger partial charge in [-0.2, -0.15) is 0 Å². The summed E-state index contributed by atoms with van der Waals surface area (Å²) in [5.41, 5.74) is 8.79. The third-order valence-corrected chi connectivity index (χ3v) is 12.3. The van der Waals surface area contributed by atoms with Gasteiger partial charge in [-0.25, -0.2) is 0 Å². The number of hydrogen-bond donors (Lipinski definition) is 0. The minimum atomic E-state index is 0.684. The monoisotopic (exact) mass is 607 g/mol. The van der Waals surface area contributed by atoms with Crippen LogP contribution in [0.25, 0.3) is 91.8 Å². The van der Waals surface area contributed by atoms with Crippen molar-refractivity contribution in [3.63, 3.8) is 0 Å². The number of nitrogens with zero attached hydrogens (tertiary/aromatic N) is 1. The van der Waals surface area contributed by atoms with E-state index in [9.17, 15) is 0 Å². The largest absolute Gasteiger partial charge is 0.309 e. The lowest BCUT2D eigenvalue weighted by molar-refractivity contribution is 1.19. The molecule has 0 saturated heterocycles. The molecule has 0 aliphatic heterocycles. The van der Waals surface area contributed by atoms with Crippen molar-refractivity contribution in [3.8, 4) is 27.9 Å². The lowest BCUT2D eigenvalue weighted by atomic mass is 9.97. The van der Waals surface area contributed by atoms with Crippen LogP contribution in [0.3, 0.4) is 0 Å². The average molecular weight is 608 g/mol. The Labute approximate surface area is 263 Å². The second kappa shape index (κ2) is 9.72. The second-order valence-electron chi connectivity index (χ2n) is 12.0. The highest BCUT2D eigenvalue weighted by molar-refractivity contribution is 7.44. The van der Waals surface area contributed by atoms with Crippen LogP contribution in [0.4, 0.5) is 0 Å². The van der Waals surface area contributed by atoms with Gasteiger partial charge >= 0.3 is 0 Å². The zero-order chi connectivity index (χ0) is 29.5. The van der Waals surface area contributed by atoms with Crippen molar-refractivity contribution < 1.29 is 0 Å². The Morgan fingerprint density at radius 2 is 0.778 bits per heavy atom. The van der Waals surface area contributed by atoms with Gasteiger partial charge in [-0.05, 0) is 125 Å². The molecular formula is C42H27NP2. The molecule has 10 aromatic rings. The first-order valence-corrected chi connectivity index (χ1v) is 17.4. The molecule has 3 aromatic heterocycles. The van der Waals surface area contributed by atoms with Gasteiger partial charge in [0, 0.05) is 16.5 Å². The van der Waals surface area contributed by atoms with Crippen molar-refractivity contribution >= 4 is 80.2 Å². The third-order valence-electron chi connectivity index (χ3n) is 9.46. The Morgan fingerprint density at radius 3 is 1.42 bits per heavy atom. The highest BCUT2D eigenvalue weighted by Crippen LogP contribution is 2.43. The molecule has 0 radical (unpaired) electrons. The molecule has 0 aliphatic rings. The SMILES string of the molecule is c1cc(-c2ccc3[pH]c4ccccc4c3c2)cc(-c2ccc3[pH]c4ccc(-n5c6ccccc6c6ccccc65)cc4c3c2)c1. The molecule has 210 valence electrons. The van der Waals surface area contributed by atoms with Crippen molar-refractivity contribution in [1.82, 2.24) is 4.57 Å². The van der Waals surface area contributed by atoms with Gasteiger partial charge in [-0.3, -0.25) is 0 Å². The number of fused-ring (bicyclic) bond motifs is 9. The average Bonchev–Trinajstić information content (AvgIpc) is 3.77. The molecule has 2 atom stereocenters. The molecule has 0 bridgehead atoms. The quantitative estimate of drug-likeness (QED) is 0.188. The Hall–Kier alpha value is -5.06. The van der Waals surface area contributed by atoms with Gasteiger partial charge < -0.3 is 4.57 Å². The molecule has 0 N–H and O–H groups in total. The summed E-state index contributed by atoms with van der Waals surface area (Å²) in [6.07, 6.45) is 0. The lowest BCUT2D eigenvalue weighted by Gasteiger charge is -2.09. The summed E-state index contributed by atoms with van der Waals surface area (Å²) in [6, 6.07) is 56.6. The van der Waals surface area contributed by atoms with E-state index in [2.05, 4.69) is 156 Å². The van der Waals surface area contributed by atoms with Gasteiger partial charge in [0.05, 0.1) is 11.0 Å². The van der Waals surface area contributed by atoms with E-state index in [0.717, 1.165) is 8.19 Å². The summed E-state index contributed by atoms with van der Waals surface area (Å²) in [7, 11) is 1.43. The predicted octanol–water partition coefficient (Wildman–Crippen LogP) is 12.8. The standard InChI is InChI=1S/C42H27NP2/c1-4-13-37-31(10-1)32-11-2-5-14-38(32)43(37)30-18-21-42-36(25-30)35-24-29(17-20-41(35)45-42)27-9-7-8-26(22-27)28-16-19-40-34(23-28)33-12-3-6-15-39(33)44-40/h1-25,44-45H. The first-order chi connectivity index (χ1) is 22.3. The summed E-state index contributed by atoms with van der Waals surface area (Å²) >= 11 is 0. The first kappa shape index (κ1) is 25.3. The summed E-state index contributed by atoms with van der Waals surface area (Å²) in [5.74, 6) is 0. The fourth-order valence-electron chi connectivity index (χ4n) is 7.31. The molecule has 1 nitrogen and oxygen atoms in total. The van der Waals surface area contributed by atoms with Gasteiger partial charge in [-0.15, -0.1) is 16.4 Å². The summed E-state index contributed by atoms with van der Waals surface area (Å²) in [4.78, 5) is 0. The smallest absolute Gasteiger partial charge is 0.0541 e. The third kappa shape index (κ3) is 3.89. The van der Waals surface area contributed by atoms with E-state index in [1.807, 2.05) is 0 Å². The van der Waals surface area contributed by atoms with Crippen LogP contribution in [-0.4, -0.2) is 4.57 Å². The zero-order valence-corrected chi connectivity index (χ0v) is 26.4. The maximum absolute atomic E-state index is 2.43. The number of aromatic nitrogens is 1. The molecule has 3 heteroatoms. The Balaban J connectivity index is 1.11. The molecular weight excluding hydrogens is 580 g/mol. The Kier molecular flexibility index (Phi) is 5.46. The van der Waals surface area contributed by atoms with Crippen LogP contribution >= 0.6 is 16.4 Å². The van der Waals surface area contributed by atoms with E-state index in [1.165, 1.54) is 91.8 Å². The van der Waals surface area contributed by atoms with Crippen LogP contribution < -0.4 is 0 Å². The van der Waals surface area contributed by atoms with Gasteiger partial charge in [0.1, 0.15) is 0 Å². The van der Waals surface area contributed by atoms with Crippen molar-refractivity contribution in [1.29, 1.82) is 0 Å². The fraction of sp³-hybridized carbons (Fsp3) is 0. The van der Waals surface area contributed by atoms with Crippen molar-refractivity contribution in [3.05, 3.63) is 152 Å². The summed E-state index contributed by atoms with van der Waals surface area (Å²) in [5, 5.41) is 13.9. The number of para-hydroxylation sites is 2. The van der Waals surface area contributed by atoms with Crippen molar-refractivity contribution in [2.45, 2.75) is 0 Å². The normalized spacial score (nSPS) is 12.4. The van der Waals surface area contributed by atoms with Crippen LogP contribution in [0.15, 0.2) is 152 Å². The van der Waals surface area contributed by atoms with Gasteiger partial charge in [0.25, 0.3) is 0 Å². The van der Waals surface area contributed by atoms with E-state index in [1.54, 1.807) is 0 Å². The van der Waals surface area contributed by atoms with E-state index in [-0.39, 0.29) is 0 Å². The van der Waals surface area contributed by atoms with Crippen LogP contribution in [0.5, 0.6) is 0 Å². The summed E-state index contributed by atoms with van der Waals surface area (Å²) < 4.78 is 2.43. The molecule has 0 amide bonds. The minimum absolute atomic E-state index is 0.684. The van der Waals surface area contributed by atoms with E-state index in [0.29, 0.717) is 8.19 Å². The molecule has 45 heavy (non-hydrogen) atoms. The topological polar surface area (TPSA) is 4.93 Å². The number of rotatable bonds is 3. The van der Waals surface area contributed by atoms with Crippen LogP contribution in [0, 0.1) is 0 Å². The maximum Gasteiger partial charge on any atom is 0.0541 e. The number of benzene rings is 7.